The fourth-order valence-corrected chi connectivity index (χ4v) is 3.41. The Kier molecular flexibility index (Phi) is 4.93. The molecule has 0 unspecified atom stereocenters. The number of likely N-dealkylation sites (N-methyl/N-ethyl adjacent to an activating group) is 1. The van der Waals surface area contributed by atoms with E-state index in [0.29, 0.717) is 24.9 Å². The van der Waals surface area contributed by atoms with E-state index in [1.807, 2.05) is 24.3 Å². The van der Waals surface area contributed by atoms with Crippen LogP contribution in [0.15, 0.2) is 36.4 Å². The van der Waals surface area contributed by atoms with Gasteiger partial charge >= 0.3 is 0 Å². The molecule has 0 saturated carbocycles. The van der Waals surface area contributed by atoms with E-state index in [0.717, 1.165) is 18.2 Å². The molecule has 1 heterocycles. The molecular weight excluding hydrogens is 316 g/mol. The SMILES string of the molecule is CCCC[C@@H]1C(=O)N(C)CCN1C(=O)c1ccc2ccccc2c1O. The van der Waals surface area contributed by atoms with Crippen molar-refractivity contribution in [2.45, 2.75) is 32.2 Å². The highest BCUT2D eigenvalue weighted by Gasteiger charge is 2.36. The number of carbonyl (C=O) groups excluding carboxylic acids is 2. The monoisotopic (exact) mass is 340 g/mol. The molecule has 1 fully saturated rings. The van der Waals surface area contributed by atoms with Gasteiger partial charge in [-0.2, -0.15) is 0 Å². The minimum Gasteiger partial charge on any atom is -0.506 e. The topological polar surface area (TPSA) is 60.9 Å². The van der Waals surface area contributed by atoms with Crippen molar-refractivity contribution in [3.05, 3.63) is 42.0 Å². The number of aromatic hydroxyl groups is 1. The maximum atomic E-state index is 13.1. The molecule has 3 rings (SSSR count). The summed E-state index contributed by atoms with van der Waals surface area (Å²) in [7, 11) is 1.77. The van der Waals surface area contributed by atoms with Gasteiger partial charge in [0.25, 0.3) is 5.91 Å². The molecule has 0 aromatic heterocycles. The largest absolute Gasteiger partial charge is 0.506 e. The minimum atomic E-state index is -0.447. The van der Waals surface area contributed by atoms with Gasteiger partial charge in [-0.25, -0.2) is 0 Å². The molecule has 5 nitrogen and oxygen atoms in total. The van der Waals surface area contributed by atoms with Crippen LogP contribution in [0.2, 0.25) is 0 Å². The Hall–Kier alpha value is -2.56. The van der Waals surface area contributed by atoms with Crippen molar-refractivity contribution >= 4 is 22.6 Å². The molecule has 132 valence electrons. The molecule has 1 atom stereocenters. The van der Waals surface area contributed by atoms with Gasteiger partial charge in [0.15, 0.2) is 0 Å². The van der Waals surface area contributed by atoms with Gasteiger partial charge in [-0.15, -0.1) is 0 Å². The van der Waals surface area contributed by atoms with Crippen molar-refractivity contribution in [1.29, 1.82) is 0 Å². The number of phenolic OH excluding ortho intramolecular Hbond substituents is 1. The van der Waals surface area contributed by atoms with E-state index in [1.165, 1.54) is 0 Å². The van der Waals surface area contributed by atoms with Crippen molar-refractivity contribution in [3.8, 4) is 5.75 Å². The second-order valence-electron chi connectivity index (χ2n) is 6.60. The zero-order chi connectivity index (χ0) is 18.0. The van der Waals surface area contributed by atoms with Crippen LogP contribution in [0.25, 0.3) is 10.8 Å². The van der Waals surface area contributed by atoms with Gasteiger partial charge in [0, 0.05) is 25.5 Å². The fourth-order valence-electron chi connectivity index (χ4n) is 3.41. The van der Waals surface area contributed by atoms with E-state index in [4.69, 9.17) is 0 Å². The third-order valence-corrected chi connectivity index (χ3v) is 4.94. The predicted octanol–water partition coefficient (Wildman–Crippen LogP) is 3.02. The van der Waals surface area contributed by atoms with Crippen LogP contribution >= 0.6 is 0 Å². The first-order valence-corrected chi connectivity index (χ1v) is 8.81. The zero-order valence-electron chi connectivity index (χ0n) is 14.7. The minimum absolute atomic E-state index is 0.0104. The lowest BCUT2D eigenvalue weighted by molar-refractivity contribution is -0.138. The lowest BCUT2D eigenvalue weighted by Gasteiger charge is -2.39. The Balaban J connectivity index is 1.95. The van der Waals surface area contributed by atoms with Crippen molar-refractivity contribution in [2.24, 2.45) is 0 Å². The van der Waals surface area contributed by atoms with E-state index in [-0.39, 0.29) is 23.1 Å². The van der Waals surface area contributed by atoms with Gasteiger partial charge < -0.3 is 14.9 Å². The Morgan fingerprint density at radius 2 is 1.96 bits per heavy atom. The summed E-state index contributed by atoms with van der Waals surface area (Å²) in [5, 5.41) is 12.1. The summed E-state index contributed by atoms with van der Waals surface area (Å²) in [5.41, 5.74) is 0.262. The number of piperazine rings is 1. The maximum Gasteiger partial charge on any atom is 0.258 e. The van der Waals surface area contributed by atoms with E-state index in [9.17, 15) is 14.7 Å². The number of hydrogen-bond donors (Lipinski definition) is 1. The first-order chi connectivity index (χ1) is 12.0. The quantitative estimate of drug-likeness (QED) is 0.931. The molecule has 25 heavy (non-hydrogen) atoms. The Bertz CT molecular complexity index is 803. The molecule has 2 amide bonds. The van der Waals surface area contributed by atoms with Crippen LogP contribution < -0.4 is 0 Å². The predicted molar refractivity (Wildman–Crippen MR) is 97.6 cm³/mol. The molecule has 0 radical (unpaired) electrons. The van der Waals surface area contributed by atoms with E-state index in [2.05, 4.69) is 6.92 Å². The summed E-state index contributed by atoms with van der Waals surface area (Å²) in [6.45, 7) is 3.07. The highest BCUT2D eigenvalue weighted by molar-refractivity contribution is 6.05. The number of rotatable bonds is 4. The summed E-state index contributed by atoms with van der Waals surface area (Å²) in [6, 6.07) is 10.5. The standard InChI is InChI=1S/C20H24N2O3/c1-3-4-9-17-20(25)21(2)12-13-22(17)19(24)16-11-10-14-7-5-6-8-15(14)18(16)23/h5-8,10-11,17,23H,3-4,9,12-13H2,1-2H3/t17-/m1/s1. The van der Waals surface area contributed by atoms with Crippen LogP contribution in [0.3, 0.4) is 0 Å². The van der Waals surface area contributed by atoms with Gasteiger partial charge in [-0.1, -0.05) is 50.1 Å². The van der Waals surface area contributed by atoms with Crippen LogP contribution in [-0.4, -0.2) is 52.9 Å². The lowest BCUT2D eigenvalue weighted by Crippen LogP contribution is -2.57. The fraction of sp³-hybridized carbons (Fsp3) is 0.400. The summed E-state index contributed by atoms with van der Waals surface area (Å²) >= 11 is 0. The lowest BCUT2D eigenvalue weighted by atomic mass is 10.0. The summed E-state index contributed by atoms with van der Waals surface area (Å²) in [6.07, 6.45) is 2.51. The van der Waals surface area contributed by atoms with Gasteiger partial charge in [-0.3, -0.25) is 9.59 Å². The molecule has 2 aromatic carbocycles. The Labute approximate surface area is 147 Å². The second kappa shape index (κ2) is 7.13. The zero-order valence-corrected chi connectivity index (χ0v) is 14.7. The molecule has 0 bridgehead atoms. The molecule has 5 heteroatoms. The van der Waals surface area contributed by atoms with Crippen LogP contribution in [0, 0.1) is 0 Å². The van der Waals surface area contributed by atoms with Crippen molar-refractivity contribution in [3.63, 3.8) is 0 Å². The van der Waals surface area contributed by atoms with Gasteiger partial charge in [0.1, 0.15) is 11.8 Å². The number of fused-ring (bicyclic) bond motifs is 1. The van der Waals surface area contributed by atoms with E-state index >= 15 is 0 Å². The average Bonchev–Trinajstić information content (AvgIpc) is 2.63. The normalized spacial score (nSPS) is 18.0. The summed E-state index contributed by atoms with van der Waals surface area (Å²) < 4.78 is 0. The molecule has 1 aliphatic heterocycles. The van der Waals surface area contributed by atoms with Crippen molar-refractivity contribution < 1.29 is 14.7 Å². The third kappa shape index (κ3) is 3.18. The first-order valence-electron chi connectivity index (χ1n) is 8.81. The Morgan fingerprint density at radius 1 is 1.20 bits per heavy atom. The van der Waals surface area contributed by atoms with E-state index < -0.39 is 6.04 Å². The van der Waals surface area contributed by atoms with Gasteiger partial charge in [-0.05, 0) is 17.9 Å². The smallest absolute Gasteiger partial charge is 0.258 e. The number of unbranched alkanes of at least 4 members (excludes halogenated alkanes) is 1. The third-order valence-electron chi connectivity index (χ3n) is 4.94. The Morgan fingerprint density at radius 3 is 2.72 bits per heavy atom. The molecule has 0 spiro atoms. The highest BCUT2D eigenvalue weighted by Crippen LogP contribution is 2.30. The van der Waals surface area contributed by atoms with Crippen LogP contribution in [0.5, 0.6) is 5.75 Å². The highest BCUT2D eigenvalue weighted by atomic mass is 16.3. The van der Waals surface area contributed by atoms with Crippen molar-refractivity contribution in [2.75, 3.05) is 20.1 Å². The number of phenols is 1. The first kappa shape index (κ1) is 17.3. The number of carbonyl (C=O) groups is 2. The van der Waals surface area contributed by atoms with Crippen LogP contribution in [0.4, 0.5) is 0 Å². The van der Waals surface area contributed by atoms with Crippen LogP contribution in [-0.2, 0) is 4.79 Å². The molecule has 1 aliphatic rings. The number of hydrogen-bond acceptors (Lipinski definition) is 3. The van der Waals surface area contributed by atoms with Crippen LogP contribution in [0.1, 0.15) is 36.5 Å². The molecular formula is C20H24N2O3. The molecule has 0 aliphatic carbocycles. The maximum absolute atomic E-state index is 13.1. The van der Waals surface area contributed by atoms with Gasteiger partial charge in [0.2, 0.25) is 5.91 Å². The average molecular weight is 340 g/mol. The number of nitrogens with zero attached hydrogens (tertiary/aromatic N) is 2. The van der Waals surface area contributed by atoms with Gasteiger partial charge in [0.05, 0.1) is 5.56 Å². The van der Waals surface area contributed by atoms with Crippen molar-refractivity contribution in [1.82, 2.24) is 9.80 Å². The molecule has 2 aromatic rings. The molecule has 1 N–H and O–H groups in total. The number of benzene rings is 2. The molecule has 1 saturated heterocycles. The van der Waals surface area contributed by atoms with E-state index in [1.54, 1.807) is 29.0 Å². The second-order valence-corrected chi connectivity index (χ2v) is 6.60. The number of amides is 2. The summed E-state index contributed by atoms with van der Waals surface area (Å²) in [5.74, 6) is -0.303. The summed E-state index contributed by atoms with van der Waals surface area (Å²) in [4.78, 5) is 28.9.